The lowest BCUT2D eigenvalue weighted by atomic mass is 9.96. The molecule has 0 radical (unpaired) electrons. The van der Waals surface area contributed by atoms with Gasteiger partial charge in [-0.25, -0.2) is 0 Å². The van der Waals surface area contributed by atoms with Gasteiger partial charge in [-0.2, -0.15) is 0 Å². The number of rotatable bonds is 2. The van der Waals surface area contributed by atoms with Crippen molar-refractivity contribution in [2.45, 2.75) is 25.9 Å². The van der Waals surface area contributed by atoms with Crippen LogP contribution in [-0.4, -0.2) is 24.5 Å². The largest absolute Gasteiger partial charge is 0.459 e. The summed E-state index contributed by atoms with van der Waals surface area (Å²) in [5.41, 5.74) is 0.231. The number of para-hydroxylation sites is 1. The quantitative estimate of drug-likeness (QED) is 0.593. The highest BCUT2D eigenvalue weighted by atomic mass is 16.6. The van der Waals surface area contributed by atoms with E-state index < -0.39 is 17.5 Å². The molecule has 1 aliphatic heterocycles. The van der Waals surface area contributed by atoms with E-state index in [1.54, 1.807) is 7.05 Å². The molecule has 1 aliphatic rings. The van der Waals surface area contributed by atoms with Crippen molar-refractivity contribution in [3.63, 3.8) is 0 Å². The van der Waals surface area contributed by atoms with Gasteiger partial charge in [0.25, 0.3) is 0 Å². The molecule has 4 heteroatoms. The van der Waals surface area contributed by atoms with Crippen molar-refractivity contribution in [2.24, 2.45) is 5.92 Å². The number of carbonyl (C=O) groups is 2. The van der Waals surface area contributed by atoms with Gasteiger partial charge in [0.2, 0.25) is 5.91 Å². The van der Waals surface area contributed by atoms with E-state index in [0.717, 1.165) is 5.69 Å². The van der Waals surface area contributed by atoms with Crippen molar-refractivity contribution in [1.82, 2.24) is 0 Å². The van der Waals surface area contributed by atoms with Crippen LogP contribution in [0, 0.1) is 5.92 Å². The van der Waals surface area contributed by atoms with Gasteiger partial charge in [-0.15, -0.1) is 0 Å². The third kappa shape index (κ3) is 2.37. The maximum atomic E-state index is 12.3. The minimum atomic E-state index is -0.690. The number of hydrogen-bond donors (Lipinski definition) is 0. The zero-order valence-corrected chi connectivity index (χ0v) is 10.8. The lowest BCUT2D eigenvalue weighted by molar-refractivity contribution is -0.150. The summed E-state index contributed by atoms with van der Waals surface area (Å²) in [6.07, 6.45) is 0.432. The zero-order valence-electron chi connectivity index (χ0n) is 10.8. The maximum Gasteiger partial charge on any atom is 0.319 e. The lowest BCUT2D eigenvalue weighted by Crippen LogP contribution is -2.35. The molecule has 96 valence electrons. The fraction of sp³-hybridized carbons (Fsp3) is 0.429. The van der Waals surface area contributed by atoms with Crippen LogP contribution in [0.5, 0.6) is 0 Å². The first-order chi connectivity index (χ1) is 8.41. The molecule has 1 amide bonds. The molecule has 4 nitrogen and oxygen atoms in total. The summed E-state index contributed by atoms with van der Waals surface area (Å²) in [6.45, 7) is 3.64. The number of hydrogen-bond acceptors (Lipinski definition) is 3. The van der Waals surface area contributed by atoms with Gasteiger partial charge in [-0.1, -0.05) is 18.2 Å². The zero-order chi connectivity index (χ0) is 13.3. The Morgan fingerprint density at radius 3 is 2.44 bits per heavy atom. The number of nitrogens with zero attached hydrogens (tertiary/aromatic N) is 1. The fourth-order valence-electron chi connectivity index (χ4n) is 2.16. The van der Waals surface area contributed by atoms with Crippen molar-refractivity contribution in [3.8, 4) is 0 Å². The van der Waals surface area contributed by atoms with Crippen molar-refractivity contribution < 1.29 is 14.3 Å². The summed E-state index contributed by atoms with van der Waals surface area (Å²) < 4.78 is 5.18. The van der Waals surface area contributed by atoms with Crippen LogP contribution < -0.4 is 4.90 Å². The number of esters is 1. The highest BCUT2D eigenvalue weighted by Crippen LogP contribution is 2.32. The third-order valence-corrected chi connectivity index (χ3v) is 3.13. The summed E-state index contributed by atoms with van der Waals surface area (Å²) in [4.78, 5) is 25.5. The maximum absolute atomic E-state index is 12.3. The number of anilines is 1. The monoisotopic (exact) mass is 247 g/mol. The van der Waals surface area contributed by atoms with Crippen molar-refractivity contribution >= 4 is 17.6 Å². The Kier molecular flexibility index (Phi) is 3.11. The van der Waals surface area contributed by atoms with E-state index >= 15 is 0 Å². The normalized spacial score (nSPS) is 21.5. The summed E-state index contributed by atoms with van der Waals surface area (Å²) in [5, 5.41) is 0. The molecular formula is C14H17NO3. The molecule has 1 fully saturated rings. The van der Waals surface area contributed by atoms with Crippen LogP contribution in [0.4, 0.5) is 5.69 Å². The molecule has 18 heavy (non-hydrogen) atoms. The molecule has 0 bridgehead atoms. The molecule has 1 aromatic carbocycles. The van der Waals surface area contributed by atoms with Crippen molar-refractivity contribution in [2.75, 3.05) is 11.9 Å². The van der Waals surface area contributed by atoms with Crippen molar-refractivity contribution in [3.05, 3.63) is 30.3 Å². The Morgan fingerprint density at radius 1 is 1.33 bits per heavy atom. The Labute approximate surface area is 107 Å². The van der Waals surface area contributed by atoms with E-state index in [4.69, 9.17) is 4.74 Å². The van der Waals surface area contributed by atoms with Gasteiger partial charge in [-0.05, 0) is 26.0 Å². The van der Waals surface area contributed by atoms with Gasteiger partial charge >= 0.3 is 5.97 Å². The first-order valence-corrected chi connectivity index (χ1v) is 5.96. The van der Waals surface area contributed by atoms with Crippen LogP contribution in [0.25, 0.3) is 0 Å². The first kappa shape index (κ1) is 12.6. The molecule has 1 atom stereocenters. The number of cyclic esters (lactones) is 1. The van der Waals surface area contributed by atoms with E-state index in [1.165, 1.54) is 4.90 Å². The number of ether oxygens (including phenoxy) is 1. The second-order valence-electron chi connectivity index (χ2n) is 5.17. The molecule has 1 saturated heterocycles. The van der Waals surface area contributed by atoms with Gasteiger partial charge in [0.15, 0.2) is 0 Å². The Bertz CT molecular complexity index is 467. The summed E-state index contributed by atoms with van der Waals surface area (Å²) in [6, 6.07) is 9.27. The fourth-order valence-corrected chi connectivity index (χ4v) is 2.16. The van der Waals surface area contributed by atoms with Crippen LogP contribution in [-0.2, 0) is 14.3 Å². The minimum Gasteiger partial charge on any atom is -0.459 e. The number of carbonyl (C=O) groups excluding carboxylic acids is 2. The average Bonchev–Trinajstić information content (AvgIpc) is 2.62. The molecule has 2 rings (SSSR count). The van der Waals surface area contributed by atoms with Crippen LogP contribution in [0.2, 0.25) is 0 Å². The average molecular weight is 247 g/mol. The smallest absolute Gasteiger partial charge is 0.319 e. The predicted octanol–water partition coefficient (Wildman–Crippen LogP) is 1.99. The lowest BCUT2D eigenvalue weighted by Gasteiger charge is -2.19. The van der Waals surface area contributed by atoms with Gasteiger partial charge in [0.1, 0.15) is 11.5 Å². The number of amides is 1. The highest BCUT2D eigenvalue weighted by molar-refractivity contribution is 6.06. The van der Waals surface area contributed by atoms with E-state index in [9.17, 15) is 9.59 Å². The van der Waals surface area contributed by atoms with Gasteiger partial charge < -0.3 is 9.64 Å². The second kappa shape index (κ2) is 4.44. The van der Waals surface area contributed by atoms with Gasteiger partial charge in [0, 0.05) is 19.2 Å². The summed E-state index contributed by atoms with van der Waals surface area (Å²) in [5.74, 6) is -1.32. The molecule has 1 aromatic rings. The van der Waals surface area contributed by atoms with E-state index in [0.29, 0.717) is 6.42 Å². The highest BCUT2D eigenvalue weighted by Gasteiger charge is 2.45. The standard InChI is InChI=1S/C14H17NO3/c1-14(2)9-11(13(17)18-14)12(16)15(3)10-7-5-4-6-8-10/h4-8,11H,9H2,1-3H3/t11-/m0/s1. The molecule has 0 unspecified atom stereocenters. The van der Waals surface area contributed by atoms with E-state index in [1.807, 2.05) is 44.2 Å². The minimum absolute atomic E-state index is 0.211. The molecule has 0 N–H and O–H groups in total. The van der Waals surface area contributed by atoms with Crippen molar-refractivity contribution in [1.29, 1.82) is 0 Å². The van der Waals surface area contributed by atoms with Gasteiger partial charge in [-0.3, -0.25) is 9.59 Å². The molecule has 0 saturated carbocycles. The topological polar surface area (TPSA) is 46.6 Å². The second-order valence-corrected chi connectivity index (χ2v) is 5.17. The van der Waals surface area contributed by atoms with Crippen LogP contribution in [0.1, 0.15) is 20.3 Å². The van der Waals surface area contributed by atoms with E-state index in [-0.39, 0.29) is 5.91 Å². The molecule has 0 spiro atoms. The summed E-state index contributed by atoms with van der Waals surface area (Å²) >= 11 is 0. The molecule has 0 aliphatic carbocycles. The molecule has 0 aromatic heterocycles. The van der Waals surface area contributed by atoms with Crippen LogP contribution in [0.3, 0.4) is 0 Å². The van der Waals surface area contributed by atoms with Gasteiger partial charge in [0.05, 0.1) is 0 Å². The Hall–Kier alpha value is -1.84. The van der Waals surface area contributed by atoms with E-state index in [2.05, 4.69) is 0 Å². The first-order valence-electron chi connectivity index (χ1n) is 5.96. The van der Waals surface area contributed by atoms with Crippen LogP contribution in [0.15, 0.2) is 30.3 Å². The Morgan fingerprint density at radius 2 is 1.94 bits per heavy atom. The molecule has 1 heterocycles. The molecular weight excluding hydrogens is 230 g/mol. The Balaban J connectivity index is 2.16. The predicted molar refractivity (Wildman–Crippen MR) is 68.1 cm³/mol. The summed E-state index contributed by atoms with van der Waals surface area (Å²) in [7, 11) is 1.68. The third-order valence-electron chi connectivity index (χ3n) is 3.13. The number of benzene rings is 1. The van der Waals surface area contributed by atoms with Crippen LogP contribution >= 0.6 is 0 Å². The SMILES string of the molecule is CN(C(=O)[C@@H]1CC(C)(C)OC1=O)c1ccccc1.